The predicted molar refractivity (Wildman–Crippen MR) is 84.5 cm³/mol. The number of methoxy groups -OCH3 is 1. The first-order valence-corrected chi connectivity index (χ1v) is 8.47. The van der Waals surface area contributed by atoms with Crippen LogP contribution in [0.5, 0.6) is 0 Å². The highest BCUT2D eigenvalue weighted by Gasteiger charge is 2.21. The van der Waals surface area contributed by atoms with Crippen LogP contribution in [-0.2, 0) is 11.3 Å². The van der Waals surface area contributed by atoms with Crippen LogP contribution in [-0.4, -0.2) is 23.5 Å². The van der Waals surface area contributed by atoms with Crippen molar-refractivity contribution in [3.8, 4) is 0 Å². The van der Waals surface area contributed by atoms with Gasteiger partial charge in [-0.1, -0.05) is 38.5 Å². The molecule has 4 nitrogen and oxygen atoms in total. The molecule has 1 aromatic heterocycles. The summed E-state index contributed by atoms with van der Waals surface area (Å²) in [4.78, 5) is 0. The fourth-order valence-corrected chi connectivity index (χ4v) is 3.76. The third-order valence-corrected chi connectivity index (χ3v) is 4.86. The molecule has 0 aliphatic heterocycles. The van der Waals surface area contributed by atoms with Gasteiger partial charge in [0.05, 0.1) is 29.5 Å². The van der Waals surface area contributed by atoms with Crippen LogP contribution in [0.25, 0.3) is 0 Å². The van der Waals surface area contributed by atoms with Gasteiger partial charge in [0.1, 0.15) is 0 Å². The third-order valence-electron chi connectivity index (χ3n) is 4.25. The van der Waals surface area contributed by atoms with E-state index in [4.69, 9.17) is 10.5 Å². The van der Waals surface area contributed by atoms with Crippen LogP contribution < -0.4 is 5.73 Å². The topological polar surface area (TPSA) is 53.1 Å². The van der Waals surface area contributed by atoms with Crippen molar-refractivity contribution < 1.29 is 4.74 Å². The maximum atomic E-state index is 6.46. The molecule has 1 unspecified atom stereocenters. The number of nitrogens with two attached hydrogens (primary N) is 1. The second-order valence-corrected chi connectivity index (χ2v) is 6.65. The zero-order chi connectivity index (χ0) is 14.4. The highest BCUT2D eigenvalue weighted by atomic mass is 79.9. The zero-order valence-electron chi connectivity index (χ0n) is 12.4. The SMILES string of the molecule is COCCn1ncc(Br)c1C(N)CC1CCCCCC1. The third kappa shape index (κ3) is 4.30. The van der Waals surface area contributed by atoms with E-state index in [2.05, 4.69) is 21.0 Å². The van der Waals surface area contributed by atoms with Gasteiger partial charge in [0.25, 0.3) is 0 Å². The van der Waals surface area contributed by atoms with Crippen LogP contribution >= 0.6 is 15.9 Å². The first kappa shape index (κ1) is 16.0. The number of ether oxygens (including phenoxy) is 1. The molecule has 0 aromatic carbocycles. The highest BCUT2D eigenvalue weighted by molar-refractivity contribution is 9.10. The average molecular weight is 344 g/mol. The molecule has 1 aromatic rings. The Morgan fingerprint density at radius 1 is 1.40 bits per heavy atom. The Morgan fingerprint density at radius 3 is 2.75 bits per heavy atom. The van der Waals surface area contributed by atoms with E-state index in [9.17, 15) is 0 Å². The number of rotatable bonds is 6. The number of hydrogen-bond donors (Lipinski definition) is 1. The van der Waals surface area contributed by atoms with Gasteiger partial charge in [-0.25, -0.2) is 0 Å². The largest absolute Gasteiger partial charge is 0.383 e. The van der Waals surface area contributed by atoms with Gasteiger partial charge >= 0.3 is 0 Å². The molecule has 114 valence electrons. The summed E-state index contributed by atoms with van der Waals surface area (Å²) in [6.07, 6.45) is 11.1. The van der Waals surface area contributed by atoms with Crippen LogP contribution in [0.3, 0.4) is 0 Å². The van der Waals surface area contributed by atoms with Gasteiger partial charge in [0.2, 0.25) is 0 Å². The lowest BCUT2D eigenvalue weighted by molar-refractivity contribution is 0.181. The summed E-state index contributed by atoms with van der Waals surface area (Å²) in [5, 5.41) is 4.40. The molecule has 0 saturated heterocycles. The van der Waals surface area contributed by atoms with Gasteiger partial charge in [-0.2, -0.15) is 5.10 Å². The molecule has 5 heteroatoms. The van der Waals surface area contributed by atoms with Gasteiger partial charge in [-0.3, -0.25) is 4.68 Å². The standard InChI is InChI=1S/C15H26BrN3O/c1-20-9-8-19-15(13(16)11-18-19)14(17)10-12-6-4-2-3-5-7-12/h11-12,14H,2-10,17H2,1H3. The lowest BCUT2D eigenvalue weighted by Crippen LogP contribution is -2.21. The van der Waals surface area contributed by atoms with Crippen LogP contribution in [0.4, 0.5) is 0 Å². The molecule has 0 spiro atoms. The van der Waals surface area contributed by atoms with Gasteiger partial charge in [-0.15, -0.1) is 0 Å². The van der Waals surface area contributed by atoms with Crippen LogP contribution in [0.15, 0.2) is 10.7 Å². The fraction of sp³-hybridized carbons (Fsp3) is 0.800. The molecule has 2 rings (SSSR count). The zero-order valence-corrected chi connectivity index (χ0v) is 13.9. The van der Waals surface area contributed by atoms with E-state index in [0.29, 0.717) is 6.61 Å². The Balaban J connectivity index is 2.00. The smallest absolute Gasteiger partial charge is 0.0694 e. The van der Waals surface area contributed by atoms with E-state index >= 15 is 0 Å². The maximum absolute atomic E-state index is 6.46. The Labute approximate surface area is 130 Å². The first-order chi connectivity index (χ1) is 9.72. The summed E-state index contributed by atoms with van der Waals surface area (Å²) < 4.78 is 8.14. The minimum atomic E-state index is 0.0619. The van der Waals surface area contributed by atoms with Crippen molar-refractivity contribution in [3.05, 3.63) is 16.4 Å². The second kappa shape index (κ2) is 8.15. The first-order valence-electron chi connectivity index (χ1n) is 7.68. The molecule has 2 N–H and O–H groups in total. The summed E-state index contributed by atoms with van der Waals surface area (Å²) in [7, 11) is 1.71. The minimum absolute atomic E-state index is 0.0619. The molecule has 20 heavy (non-hydrogen) atoms. The molecule has 0 amide bonds. The van der Waals surface area contributed by atoms with Crippen molar-refractivity contribution in [2.75, 3.05) is 13.7 Å². The van der Waals surface area contributed by atoms with Crippen molar-refractivity contribution >= 4 is 15.9 Å². The molecule has 1 aliphatic carbocycles. The molecular weight excluding hydrogens is 318 g/mol. The molecule has 0 radical (unpaired) electrons. The van der Waals surface area contributed by atoms with Crippen molar-refractivity contribution in [2.24, 2.45) is 11.7 Å². The Morgan fingerprint density at radius 2 is 2.10 bits per heavy atom. The molecular formula is C15H26BrN3O. The quantitative estimate of drug-likeness (QED) is 0.802. The fourth-order valence-electron chi connectivity index (χ4n) is 3.17. The van der Waals surface area contributed by atoms with Crippen LogP contribution in [0.2, 0.25) is 0 Å². The van der Waals surface area contributed by atoms with Crippen molar-refractivity contribution in [3.63, 3.8) is 0 Å². The summed E-state index contributed by atoms with van der Waals surface area (Å²) >= 11 is 3.59. The lowest BCUT2D eigenvalue weighted by Gasteiger charge is -2.21. The highest BCUT2D eigenvalue weighted by Crippen LogP contribution is 2.32. The normalized spacial score (nSPS) is 18.9. The van der Waals surface area contributed by atoms with Gasteiger partial charge < -0.3 is 10.5 Å². The molecule has 1 aliphatic rings. The molecule has 1 saturated carbocycles. The predicted octanol–water partition coefficient (Wildman–Crippen LogP) is 3.65. The van der Waals surface area contributed by atoms with E-state index in [1.165, 1.54) is 38.5 Å². The molecule has 1 fully saturated rings. The Hall–Kier alpha value is -0.390. The maximum Gasteiger partial charge on any atom is 0.0694 e. The Kier molecular flexibility index (Phi) is 6.52. The van der Waals surface area contributed by atoms with Crippen molar-refractivity contribution in [1.29, 1.82) is 0 Å². The number of hydrogen-bond acceptors (Lipinski definition) is 3. The van der Waals surface area contributed by atoms with Gasteiger partial charge in [-0.05, 0) is 28.3 Å². The minimum Gasteiger partial charge on any atom is -0.383 e. The van der Waals surface area contributed by atoms with E-state index in [1.54, 1.807) is 7.11 Å². The molecule has 0 bridgehead atoms. The lowest BCUT2D eigenvalue weighted by atomic mass is 9.92. The van der Waals surface area contributed by atoms with Crippen LogP contribution in [0.1, 0.15) is 56.7 Å². The monoisotopic (exact) mass is 343 g/mol. The van der Waals surface area contributed by atoms with Gasteiger partial charge in [0, 0.05) is 13.2 Å². The Bertz CT molecular complexity index is 400. The number of halogens is 1. The number of nitrogens with zero attached hydrogens (tertiary/aromatic N) is 2. The van der Waals surface area contributed by atoms with E-state index < -0.39 is 0 Å². The summed E-state index contributed by atoms with van der Waals surface area (Å²) in [6.45, 7) is 1.42. The van der Waals surface area contributed by atoms with Crippen molar-refractivity contribution in [1.82, 2.24) is 9.78 Å². The van der Waals surface area contributed by atoms with E-state index in [1.807, 2.05) is 10.9 Å². The average Bonchev–Trinajstić information content (AvgIpc) is 2.63. The second-order valence-electron chi connectivity index (χ2n) is 5.79. The molecule has 1 heterocycles. The van der Waals surface area contributed by atoms with Gasteiger partial charge in [0.15, 0.2) is 0 Å². The summed E-state index contributed by atoms with van der Waals surface area (Å²) in [5.41, 5.74) is 7.58. The van der Waals surface area contributed by atoms with E-state index in [0.717, 1.165) is 29.1 Å². The summed E-state index contributed by atoms with van der Waals surface area (Å²) in [6, 6.07) is 0.0619. The summed E-state index contributed by atoms with van der Waals surface area (Å²) in [5.74, 6) is 0.769. The number of aromatic nitrogens is 2. The van der Waals surface area contributed by atoms with Crippen LogP contribution in [0, 0.1) is 5.92 Å². The molecule has 1 atom stereocenters. The van der Waals surface area contributed by atoms with Crippen molar-refractivity contribution in [2.45, 2.75) is 57.5 Å². The van der Waals surface area contributed by atoms with E-state index in [-0.39, 0.29) is 6.04 Å².